The third kappa shape index (κ3) is 3.73. The maximum Gasteiger partial charge on any atom is 0.223 e. The first-order chi connectivity index (χ1) is 7.54. The summed E-state index contributed by atoms with van der Waals surface area (Å²) < 4.78 is 1.48. The van der Waals surface area contributed by atoms with Crippen LogP contribution in [-0.4, -0.2) is 23.5 Å². The number of hydrogen-bond acceptors (Lipinski definition) is 2. The summed E-state index contributed by atoms with van der Waals surface area (Å²) in [6, 6.07) is 3.54. The maximum atomic E-state index is 9.73. The molecule has 16 heavy (non-hydrogen) atoms. The molecule has 0 atom stereocenters. The molecule has 1 rings (SSSR count). The zero-order valence-electron chi connectivity index (χ0n) is 8.34. The third-order valence-electron chi connectivity index (χ3n) is 1.70. The van der Waals surface area contributed by atoms with Crippen LogP contribution in [0.15, 0.2) is 21.1 Å². The van der Waals surface area contributed by atoms with Gasteiger partial charge in [0, 0.05) is 11.5 Å². The SMILES string of the molecule is CNC(=S)N/[NH+]=C/c1cc(Br)cc(Br)c1O. The first-order valence-corrected chi connectivity index (χ1v) is 6.28. The highest BCUT2D eigenvalue weighted by molar-refractivity contribution is 9.11. The van der Waals surface area contributed by atoms with E-state index in [9.17, 15) is 5.11 Å². The minimum atomic E-state index is 0.160. The van der Waals surface area contributed by atoms with E-state index >= 15 is 0 Å². The van der Waals surface area contributed by atoms with Gasteiger partial charge in [0.15, 0.2) is 0 Å². The van der Waals surface area contributed by atoms with E-state index in [2.05, 4.69) is 47.7 Å². The molecule has 0 aromatic heterocycles. The Morgan fingerprint density at radius 3 is 2.81 bits per heavy atom. The lowest BCUT2D eigenvalue weighted by molar-refractivity contribution is -0.500. The second-order valence-electron chi connectivity index (χ2n) is 2.82. The number of nitrogens with one attached hydrogen (secondary N) is 3. The van der Waals surface area contributed by atoms with Gasteiger partial charge in [-0.1, -0.05) is 15.9 Å². The molecular formula is C9H10Br2N3OS+. The van der Waals surface area contributed by atoms with E-state index in [0.717, 1.165) is 4.47 Å². The number of hydrazone groups is 1. The zero-order valence-corrected chi connectivity index (χ0v) is 12.3. The van der Waals surface area contributed by atoms with Crippen LogP contribution in [0.5, 0.6) is 5.75 Å². The fraction of sp³-hybridized carbons (Fsp3) is 0.111. The number of rotatable bonds is 2. The Bertz CT molecular complexity index is 437. The number of hydrogen-bond donors (Lipinski definition) is 4. The molecule has 1 aromatic rings. The molecule has 0 amide bonds. The van der Waals surface area contributed by atoms with Crippen molar-refractivity contribution in [3.8, 4) is 5.75 Å². The monoisotopic (exact) mass is 366 g/mol. The van der Waals surface area contributed by atoms with Gasteiger partial charge in [0.25, 0.3) is 0 Å². The molecular weight excluding hydrogens is 358 g/mol. The van der Waals surface area contributed by atoms with Gasteiger partial charge in [0.1, 0.15) is 5.75 Å². The number of benzene rings is 1. The predicted molar refractivity (Wildman–Crippen MR) is 74.4 cm³/mol. The van der Waals surface area contributed by atoms with Gasteiger partial charge in [-0.15, -0.1) is 10.5 Å². The van der Waals surface area contributed by atoms with Crippen molar-refractivity contribution in [1.29, 1.82) is 0 Å². The van der Waals surface area contributed by atoms with Gasteiger partial charge in [0.05, 0.1) is 10.0 Å². The van der Waals surface area contributed by atoms with Crippen LogP contribution in [0.4, 0.5) is 0 Å². The van der Waals surface area contributed by atoms with Crippen molar-refractivity contribution in [2.75, 3.05) is 7.05 Å². The summed E-state index contributed by atoms with van der Waals surface area (Å²) in [7, 11) is 1.71. The minimum absolute atomic E-state index is 0.160. The molecule has 0 aliphatic heterocycles. The molecule has 0 saturated heterocycles. The second kappa shape index (κ2) is 6.17. The average Bonchev–Trinajstić information content (AvgIpc) is 2.24. The molecule has 0 unspecified atom stereocenters. The van der Waals surface area contributed by atoms with Crippen molar-refractivity contribution in [1.82, 2.24) is 10.7 Å². The standard InChI is InChI=1S/C9H9Br2N3OS/c1-12-9(16)14-13-4-5-2-6(10)3-7(11)8(5)15/h2-4,15H,1H3,(H2,12,14,16)/p+1/b13-4+. The second-order valence-corrected chi connectivity index (χ2v) is 5.00. The van der Waals surface area contributed by atoms with E-state index in [1.807, 2.05) is 0 Å². The van der Waals surface area contributed by atoms with Crippen molar-refractivity contribution in [2.24, 2.45) is 0 Å². The molecule has 0 aliphatic carbocycles. The zero-order chi connectivity index (χ0) is 12.1. The maximum absolute atomic E-state index is 9.73. The molecule has 0 fully saturated rings. The van der Waals surface area contributed by atoms with Gasteiger partial charge in [-0.3, -0.25) is 0 Å². The van der Waals surface area contributed by atoms with E-state index < -0.39 is 0 Å². The summed E-state index contributed by atoms with van der Waals surface area (Å²) >= 11 is 11.4. The van der Waals surface area contributed by atoms with Gasteiger partial charge >= 0.3 is 0 Å². The quantitative estimate of drug-likeness (QED) is 0.348. The molecule has 4 nitrogen and oxygen atoms in total. The number of phenols is 1. The highest BCUT2D eigenvalue weighted by Crippen LogP contribution is 2.30. The Hall–Kier alpha value is -0.660. The van der Waals surface area contributed by atoms with Crippen molar-refractivity contribution >= 4 is 55.4 Å². The third-order valence-corrected chi connectivity index (χ3v) is 3.07. The molecule has 4 N–H and O–H groups in total. The molecule has 1 aromatic carbocycles. The highest BCUT2D eigenvalue weighted by Gasteiger charge is 2.07. The highest BCUT2D eigenvalue weighted by atomic mass is 79.9. The van der Waals surface area contributed by atoms with Crippen LogP contribution in [0.1, 0.15) is 5.56 Å². The minimum Gasteiger partial charge on any atom is -0.506 e. The Labute approximate surface area is 115 Å². The van der Waals surface area contributed by atoms with Crippen molar-refractivity contribution < 1.29 is 10.2 Å². The Balaban J connectivity index is 2.85. The molecule has 7 heteroatoms. The summed E-state index contributed by atoms with van der Waals surface area (Å²) in [5.74, 6) is 0.160. The summed E-state index contributed by atoms with van der Waals surface area (Å²) in [4.78, 5) is 0. The van der Waals surface area contributed by atoms with Gasteiger partial charge in [0.2, 0.25) is 11.3 Å². The largest absolute Gasteiger partial charge is 0.506 e. The summed E-state index contributed by atoms with van der Waals surface area (Å²) in [5.41, 5.74) is 3.35. The smallest absolute Gasteiger partial charge is 0.223 e. The van der Waals surface area contributed by atoms with E-state index in [4.69, 9.17) is 12.2 Å². The van der Waals surface area contributed by atoms with Crippen LogP contribution >= 0.6 is 44.1 Å². The predicted octanol–water partition coefficient (Wildman–Crippen LogP) is 0.426. The van der Waals surface area contributed by atoms with E-state index in [-0.39, 0.29) is 5.75 Å². The van der Waals surface area contributed by atoms with Crippen LogP contribution in [-0.2, 0) is 0 Å². The van der Waals surface area contributed by atoms with Crippen LogP contribution in [0.25, 0.3) is 0 Å². The van der Waals surface area contributed by atoms with Gasteiger partial charge in [-0.25, -0.2) is 0 Å². The van der Waals surface area contributed by atoms with E-state index in [1.165, 1.54) is 0 Å². The number of halogens is 2. The van der Waals surface area contributed by atoms with E-state index in [0.29, 0.717) is 15.1 Å². The Morgan fingerprint density at radius 2 is 2.19 bits per heavy atom. The van der Waals surface area contributed by atoms with Crippen LogP contribution in [0.2, 0.25) is 0 Å². The van der Waals surface area contributed by atoms with Crippen LogP contribution in [0, 0.1) is 0 Å². The number of aromatic hydroxyl groups is 1. The van der Waals surface area contributed by atoms with E-state index in [1.54, 1.807) is 25.4 Å². The number of phenolic OH excluding ortho intramolecular Hbond substituents is 1. The average molecular weight is 368 g/mol. The lowest BCUT2D eigenvalue weighted by Gasteiger charge is -2.00. The Morgan fingerprint density at radius 1 is 1.50 bits per heavy atom. The molecule has 0 heterocycles. The van der Waals surface area contributed by atoms with Gasteiger partial charge < -0.3 is 10.4 Å². The van der Waals surface area contributed by atoms with Crippen molar-refractivity contribution in [2.45, 2.75) is 0 Å². The van der Waals surface area contributed by atoms with Crippen LogP contribution < -0.4 is 15.8 Å². The lowest BCUT2D eigenvalue weighted by Crippen LogP contribution is -2.82. The summed E-state index contributed by atoms with van der Waals surface area (Å²) in [6.07, 6.45) is 1.61. The molecule has 0 aliphatic rings. The molecule has 0 saturated carbocycles. The fourth-order valence-electron chi connectivity index (χ4n) is 0.938. The molecule has 0 radical (unpaired) electrons. The van der Waals surface area contributed by atoms with Gasteiger partial charge in [-0.05, 0) is 40.3 Å². The van der Waals surface area contributed by atoms with Crippen molar-refractivity contribution in [3.05, 3.63) is 26.6 Å². The lowest BCUT2D eigenvalue weighted by atomic mass is 10.2. The van der Waals surface area contributed by atoms with Gasteiger partial charge in [-0.2, -0.15) is 0 Å². The molecule has 86 valence electrons. The van der Waals surface area contributed by atoms with Crippen LogP contribution in [0.3, 0.4) is 0 Å². The molecule has 0 bridgehead atoms. The van der Waals surface area contributed by atoms with Crippen molar-refractivity contribution in [3.63, 3.8) is 0 Å². The Kier molecular flexibility index (Phi) is 5.17. The first-order valence-electron chi connectivity index (χ1n) is 4.29. The number of thiocarbonyl (C=S) groups is 1. The fourth-order valence-corrected chi connectivity index (χ4v) is 2.26. The normalized spacial score (nSPS) is 10.4. The summed E-state index contributed by atoms with van der Waals surface area (Å²) in [5, 5.41) is 15.7. The molecule has 0 spiro atoms. The summed E-state index contributed by atoms with van der Waals surface area (Å²) in [6.45, 7) is 0. The topological polar surface area (TPSA) is 58.3 Å². The number of hydrazine groups is 1. The first kappa shape index (κ1) is 13.4.